The molecule has 0 N–H and O–H groups in total. The zero-order chi connectivity index (χ0) is 11.2. The number of aryl methyl sites for hydroxylation is 1. The minimum atomic E-state index is 0.0789. The molecule has 1 aliphatic heterocycles. The lowest BCUT2D eigenvalue weighted by Gasteiger charge is -2.36. The maximum atomic E-state index is 6.16. The maximum absolute atomic E-state index is 6.16. The Balaban J connectivity index is 1.96. The van der Waals surface area contributed by atoms with Gasteiger partial charge in [0.2, 0.25) is 0 Å². The van der Waals surface area contributed by atoms with Gasteiger partial charge in [-0.1, -0.05) is 30.7 Å². The second-order valence-electron chi connectivity index (χ2n) is 5.63. The van der Waals surface area contributed by atoms with Crippen molar-refractivity contribution in [2.45, 2.75) is 51.7 Å². The average molecular weight is 216 g/mol. The summed E-state index contributed by atoms with van der Waals surface area (Å²) >= 11 is 0. The molecule has 3 rings (SSSR count). The van der Waals surface area contributed by atoms with Gasteiger partial charge in [-0.2, -0.15) is 0 Å². The molecule has 0 radical (unpaired) electrons. The summed E-state index contributed by atoms with van der Waals surface area (Å²) in [5.74, 6) is 0.878. The number of fused-ring (bicyclic) bond motifs is 2. The molecule has 1 aromatic carbocycles. The van der Waals surface area contributed by atoms with Gasteiger partial charge in [0.25, 0.3) is 0 Å². The average Bonchev–Trinajstić information content (AvgIpc) is 2.62. The van der Waals surface area contributed by atoms with Crippen LogP contribution < -0.4 is 0 Å². The number of rotatable bonds is 0. The van der Waals surface area contributed by atoms with E-state index in [4.69, 9.17) is 4.74 Å². The van der Waals surface area contributed by atoms with E-state index >= 15 is 0 Å². The van der Waals surface area contributed by atoms with Crippen LogP contribution in [0, 0.1) is 12.8 Å². The Labute approximate surface area is 97.8 Å². The summed E-state index contributed by atoms with van der Waals surface area (Å²) in [7, 11) is 0. The number of ether oxygens (including phenoxy) is 1. The Morgan fingerprint density at radius 2 is 2.00 bits per heavy atom. The van der Waals surface area contributed by atoms with Gasteiger partial charge in [0.15, 0.2) is 0 Å². The molecule has 1 spiro atoms. The van der Waals surface area contributed by atoms with Crippen LogP contribution in [0.3, 0.4) is 0 Å². The van der Waals surface area contributed by atoms with Gasteiger partial charge in [-0.25, -0.2) is 0 Å². The predicted octanol–water partition coefficient (Wildman–Crippen LogP) is 3.93. The van der Waals surface area contributed by atoms with Crippen LogP contribution in [0.2, 0.25) is 0 Å². The minimum absolute atomic E-state index is 0.0789. The standard InChI is InChI=1S/C15H20O/c1-11-5-7-15(8-6-11)14-4-3-12(2)9-13(14)10-16-15/h3-4,9,11H,5-8,10H2,1-2H3. The minimum Gasteiger partial charge on any atom is -0.366 e. The molecule has 1 nitrogen and oxygen atoms in total. The topological polar surface area (TPSA) is 9.23 Å². The highest BCUT2D eigenvalue weighted by atomic mass is 16.5. The normalized spacial score (nSPS) is 33.0. The molecular weight excluding hydrogens is 196 g/mol. The highest BCUT2D eigenvalue weighted by Crippen LogP contribution is 2.48. The van der Waals surface area contributed by atoms with Crippen LogP contribution in [0.4, 0.5) is 0 Å². The Hall–Kier alpha value is -0.820. The second-order valence-corrected chi connectivity index (χ2v) is 5.63. The van der Waals surface area contributed by atoms with E-state index in [1.165, 1.54) is 42.4 Å². The summed E-state index contributed by atoms with van der Waals surface area (Å²) < 4.78 is 6.16. The third-order valence-electron chi connectivity index (χ3n) is 4.34. The predicted molar refractivity (Wildman–Crippen MR) is 65.3 cm³/mol. The van der Waals surface area contributed by atoms with Crippen molar-refractivity contribution >= 4 is 0 Å². The summed E-state index contributed by atoms with van der Waals surface area (Å²) in [6.07, 6.45) is 5.05. The van der Waals surface area contributed by atoms with Gasteiger partial charge >= 0.3 is 0 Å². The smallest absolute Gasteiger partial charge is 0.0939 e. The molecule has 0 bridgehead atoms. The zero-order valence-electron chi connectivity index (χ0n) is 10.3. The first-order valence-corrected chi connectivity index (χ1v) is 6.44. The molecule has 1 aliphatic carbocycles. The van der Waals surface area contributed by atoms with Gasteiger partial charge in [-0.05, 0) is 49.7 Å². The molecule has 0 saturated heterocycles. The third-order valence-corrected chi connectivity index (χ3v) is 4.34. The molecule has 1 fully saturated rings. The van der Waals surface area contributed by atoms with E-state index in [9.17, 15) is 0 Å². The molecule has 86 valence electrons. The molecule has 1 saturated carbocycles. The number of hydrogen-bond acceptors (Lipinski definition) is 1. The summed E-state index contributed by atoms with van der Waals surface area (Å²) in [5, 5.41) is 0. The van der Waals surface area contributed by atoms with E-state index in [1.54, 1.807) is 0 Å². The molecule has 1 heteroatoms. The van der Waals surface area contributed by atoms with Crippen LogP contribution in [-0.2, 0) is 16.9 Å². The fourth-order valence-electron chi connectivity index (χ4n) is 3.22. The van der Waals surface area contributed by atoms with E-state index in [0.29, 0.717) is 0 Å². The van der Waals surface area contributed by atoms with Gasteiger partial charge in [0.05, 0.1) is 12.2 Å². The molecule has 1 aromatic rings. The highest BCUT2D eigenvalue weighted by Gasteiger charge is 2.41. The van der Waals surface area contributed by atoms with E-state index in [1.807, 2.05) is 0 Å². The molecule has 2 aliphatic rings. The Morgan fingerprint density at radius 3 is 2.75 bits per heavy atom. The van der Waals surface area contributed by atoms with Crippen LogP contribution >= 0.6 is 0 Å². The summed E-state index contributed by atoms with van der Waals surface area (Å²) in [6, 6.07) is 6.82. The zero-order valence-corrected chi connectivity index (χ0v) is 10.3. The number of benzene rings is 1. The lowest BCUT2D eigenvalue weighted by atomic mass is 9.75. The van der Waals surface area contributed by atoms with E-state index in [-0.39, 0.29) is 5.60 Å². The molecule has 0 amide bonds. The van der Waals surface area contributed by atoms with Crippen LogP contribution in [0.25, 0.3) is 0 Å². The molecule has 1 heterocycles. The Kier molecular flexibility index (Phi) is 2.32. The summed E-state index contributed by atoms with van der Waals surface area (Å²) in [5.41, 5.74) is 4.33. The van der Waals surface area contributed by atoms with Gasteiger partial charge < -0.3 is 4.74 Å². The van der Waals surface area contributed by atoms with E-state index in [0.717, 1.165) is 12.5 Å². The van der Waals surface area contributed by atoms with Gasteiger partial charge in [0.1, 0.15) is 0 Å². The van der Waals surface area contributed by atoms with Crippen molar-refractivity contribution in [1.82, 2.24) is 0 Å². The summed E-state index contributed by atoms with van der Waals surface area (Å²) in [4.78, 5) is 0. The molecule has 0 unspecified atom stereocenters. The van der Waals surface area contributed by atoms with Crippen molar-refractivity contribution in [2.24, 2.45) is 5.92 Å². The van der Waals surface area contributed by atoms with Crippen molar-refractivity contribution < 1.29 is 4.74 Å². The molecule has 0 atom stereocenters. The molecule has 0 aromatic heterocycles. The monoisotopic (exact) mass is 216 g/mol. The molecule has 16 heavy (non-hydrogen) atoms. The van der Waals surface area contributed by atoms with E-state index in [2.05, 4.69) is 32.0 Å². The first-order chi connectivity index (χ1) is 7.70. The Bertz CT molecular complexity index is 400. The molecular formula is C15H20O. The van der Waals surface area contributed by atoms with Crippen LogP contribution in [0.5, 0.6) is 0 Å². The maximum Gasteiger partial charge on any atom is 0.0939 e. The van der Waals surface area contributed by atoms with Crippen LogP contribution in [-0.4, -0.2) is 0 Å². The van der Waals surface area contributed by atoms with Crippen molar-refractivity contribution in [1.29, 1.82) is 0 Å². The van der Waals surface area contributed by atoms with Gasteiger partial charge in [-0.15, -0.1) is 0 Å². The van der Waals surface area contributed by atoms with Gasteiger partial charge in [-0.3, -0.25) is 0 Å². The van der Waals surface area contributed by atoms with Crippen molar-refractivity contribution in [3.05, 3.63) is 34.9 Å². The fourth-order valence-corrected chi connectivity index (χ4v) is 3.22. The van der Waals surface area contributed by atoms with E-state index < -0.39 is 0 Å². The van der Waals surface area contributed by atoms with Crippen molar-refractivity contribution in [2.75, 3.05) is 0 Å². The third kappa shape index (κ3) is 1.49. The Morgan fingerprint density at radius 1 is 1.25 bits per heavy atom. The summed E-state index contributed by atoms with van der Waals surface area (Å²) in [6.45, 7) is 5.34. The SMILES string of the molecule is Cc1ccc2c(c1)COC21CCC(C)CC1. The number of hydrogen-bond donors (Lipinski definition) is 0. The highest BCUT2D eigenvalue weighted by molar-refractivity contribution is 5.38. The first kappa shape index (κ1) is 10.3. The van der Waals surface area contributed by atoms with Crippen LogP contribution in [0.15, 0.2) is 18.2 Å². The quantitative estimate of drug-likeness (QED) is 0.638. The van der Waals surface area contributed by atoms with Gasteiger partial charge in [0, 0.05) is 0 Å². The lowest BCUT2D eigenvalue weighted by molar-refractivity contribution is -0.0710. The van der Waals surface area contributed by atoms with Crippen molar-refractivity contribution in [3.8, 4) is 0 Å². The lowest BCUT2D eigenvalue weighted by Crippen LogP contribution is -2.30. The fraction of sp³-hybridized carbons (Fsp3) is 0.600. The first-order valence-electron chi connectivity index (χ1n) is 6.44. The van der Waals surface area contributed by atoms with Crippen LogP contribution in [0.1, 0.15) is 49.3 Å². The second kappa shape index (κ2) is 3.59. The van der Waals surface area contributed by atoms with Crippen molar-refractivity contribution in [3.63, 3.8) is 0 Å². The largest absolute Gasteiger partial charge is 0.366 e.